The maximum absolute atomic E-state index is 6.56. The normalized spacial score (nSPS) is 32.2. The molecule has 18 heavy (non-hydrogen) atoms. The van der Waals surface area contributed by atoms with E-state index in [2.05, 4.69) is 30.3 Å². The molecule has 2 saturated carbocycles. The molecular weight excluding hydrogens is 238 g/mol. The van der Waals surface area contributed by atoms with Crippen molar-refractivity contribution in [2.75, 3.05) is 0 Å². The van der Waals surface area contributed by atoms with E-state index < -0.39 is 0 Å². The summed E-state index contributed by atoms with van der Waals surface area (Å²) in [6.07, 6.45) is 5.71. The van der Waals surface area contributed by atoms with Gasteiger partial charge in [-0.2, -0.15) is 0 Å². The number of nitrogens with two attached hydrogens (primary N) is 1. The van der Waals surface area contributed by atoms with Crippen LogP contribution in [0.5, 0.6) is 0 Å². The molecule has 1 aromatic carbocycles. The van der Waals surface area contributed by atoms with Gasteiger partial charge in [-0.15, -0.1) is 11.3 Å². The fraction of sp³-hybridized carbons (Fsp3) is 0.500. The van der Waals surface area contributed by atoms with E-state index in [1.807, 2.05) is 11.3 Å². The molecule has 0 spiro atoms. The van der Waals surface area contributed by atoms with Crippen molar-refractivity contribution in [2.45, 2.75) is 31.7 Å². The second kappa shape index (κ2) is 4.07. The number of hydrogen-bond acceptors (Lipinski definition) is 2. The van der Waals surface area contributed by atoms with Crippen LogP contribution in [-0.2, 0) is 0 Å². The quantitative estimate of drug-likeness (QED) is 0.851. The molecule has 1 heterocycles. The lowest BCUT2D eigenvalue weighted by atomic mass is 9.83. The summed E-state index contributed by atoms with van der Waals surface area (Å²) in [4.78, 5) is 1.40. The molecule has 0 amide bonds. The number of thiophene rings is 1. The Hall–Kier alpha value is -0.860. The zero-order valence-corrected chi connectivity index (χ0v) is 11.3. The lowest BCUT2D eigenvalue weighted by molar-refractivity contribution is 0.287. The van der Waals surface area contributed by atoms with Crippen molar-refractivity contribution >= 4 is 21.4 Å². The molecule has 1 nitrogen and oxygen atoms in total. The van der Waals surface area contributed by atoms with E-state index in [0.717, 1.165) is 17.8 Å². The molecule has 94 valence electrons. The zero-order valence-electron chi connectivity index (χ0n) is 10.5. The van der Waals surface area contributed by atoms with Crippen molar-refractivity contribution in [2.24, 2.45) is 23.5 Å². The minimum absolute atomic E-state index is 0.276. The SMILES string of the molecule is NC(c1cc2ccccc2s1)C1CC2CCC1C2. The van der Waals surface area contributed by atoms with Crippen LogP contribution in [0, 0.1) is 17.8 Å². The van der Waals surface area contributed by atoms with Crippen LogP contribution in [0.25, 0.3) is 10.1 Å². The molecule has 2 aliphatic rings. The smallest absolute Gasteiger partial charge is 0.0421 e. The third-order valence-electron chi connectivity index (χ3n) is 5.03. The van der Waals surface area contributed by atoms with Gasteiger partial charge in [0.2, 0.25) is 0 Å². The van der Waals surface area contributed by atoms with E-state index in [4.69, 9.17) is 5.73 Å². The van der Waals surface area contributed by atoms with Gasteiger partial charge in [0.1, 0.15) is 0 Å². The van der Waals surface area contributed by atoms with Gasteiger partial charge in [0.15, 0.2) is 0 Å². The van der Waals surface area contributed by atoms with E-state index in [1.165, 1.54) is 40.6 Å². The average molecular weight is 257 g/mol. The Kier molecular flexibility index (Phi) is 2.49. The molecule has 0 saturated heterocycles. The lowest BCUT2D eigenvalue weighted by Crippen LogP contribution is -2.25. The Balaban J connectivity index is 1.66. The van der Waals surface area contributed by atoms with Gasteiger partial charge < -0.3 is 5.73 Å². The largest absolute Gasteiger partial charge is 0.323 e. The summed E-state index contributed by atoms with van der Waals surface area (Å²) >= 11 is 1.89. The highest BCUT2D eigenvalue weighted by Crippen LogP contribution is 2.52. The van der Waals surface area contributed by atoms with E-state index in [1.54, 1.807) is 0 Å². The highest BCUT2D eigenvalue weighted by Gasteiger charge is 2.42. The minimum atomic E-state index is 0.276. The Bertz CT molecular complexity index is 540. The van der Waals surface area contributed by atoms with E-state index in [0.29, 0.717) is 0 Å². The Labute approximate surface area is 112 Å². The van der Waals surface area contributed by atoms with Crippen molar-refractivity contribution in [3.8, 4) is 0 Å². The lowest BCUT2D eigenvalue weighted by Gasteiger charge is -2.26. The minimum Gasteiger partial charge on any atom is -0.323 e. The van der Waals surface area contributed by atoms with Gasteiger partial charge in [0.25, 0.3) is 0 Å². The average Bonchev–Trinajstić information content (AvgIpc) is 3.11. The van der Waals surface area contributed by atoms with Crippen LogP contribution in [0.4, 0.5) is 0 Å². The van der Waals surface area contributed by atoms with E-state index in [9.17, 15) is 0 Å². The fourth-order valence-corrected chi connectivity index (χ4v) is 5.25. The maximum Gasteiger partial charge on any atom is 0.0421 e. The van der Waals surface area contributed by atoms with Gasteiger partial charge in [-0.25, -0.2) is 0 Å². The molecule has 2 heteroatoms. The van der Waals surface area contributed by atoms with Crippen LogP contribution in [-0.4, -0.2) is 0 Å². The predicted molar refractivity (Wildman–Crippen MR) is 77.7 cm³/mol. The van der Waals surface area contributed by atoms with Crippen LogP contribution < -0.4 is 5.73 Å². The summed E-state index contributed by atoms with van der Waals surface area (Å²) < 4.78 is 1.38. The first kappa shape index (κ1) is 11.0. The third kappa shape index (κ3) is 1.63. The molecule has 4 unspecified atom stereocenters. The van der Waals surface area contributed by atoms with Crippen molar-refractivity contribution in [3.05, 3.63) is 35.2 Å². The predicted octanol–water partition coefficient (Wildman–Crippen LogP) is 4.34. The van der Waals surface area contributed by atoms with Crippen LogP contribution >= 0.6 is 11.3 Å². The number of benzene rings is 1. The van der Waals surface area contributed by atoms with Gasteiger partial charge in [-0.05, 0) is 54.5 Å². The van der Waals surface area contributed by atoms with Gasteiger partial charge in [-0.3, -0.25) is 0 Å². The standard InChI is InChI=1S/C16H19NS/c17-16(13-8-10-5-6-11(13)7-10)15-9-12-3-1-2-4-14(12)18-15/h1-4,9-11,13,16H,5-8,17H2. The summed E-state index contributed by atoms with van der Waals surface area (Å²) in [6.45, 7) is 0. The molecule has 2 fully saturated rings. The van der Waals surface area contributed by atoms with Gasteiger partial charge in [0, 0.05) is 15.6 Å². The fourth-order valence-electron chi connectivity index (χ4n) is 4.11. The van der Waals surface area contributed by atoms with Gasteiger partial charge >= 0.3 is 0 Å². The molecule has 2 aliphatic carbocycles. The second-order valence-corrected chi connectivity index (χ2v) is 7.17. The summed E-state index contributed by atoms with van der Waals surface area (Å²) in [7, 11) is 0. The monoisotopic (exact) mass is 257 g/mol. The number of hydrogen-bond donors (Lipinski definition) is 1. The zero-order chi connectivity index (χ0) is 12.1. The molecule has 1 aromatic heterocycles. The van der Waals surface area contributed by atoms with Crippen molar-refractivity contribution in [1.29, 1.82) is 0 Å². The van der Waals surface area contributed by atoms with Gasteiger partial charge in [0.05, 0.1) is 0 Å². The van der Waals surface area contributed by atoms with Crippen LogP contribution in [0.1, 0.15) is 36.6 Å². The molecule has 4 atom stereocenters. The molecular formula is C16H19NS. The first-order valence-corrected chi connectivity index (χ1v) is 7.87. The second-order valence-electron chi connectivity index (χ2n) is 6.05. The number of fused-ring (bicyclic) bond motifs is 3. The van der Waals surface area contributed by atoms with Crippen LogP contribution in [0.15, 0.2) is 30.3 Å². The van der Waals surface area contributed by atoms with E-state index in [-0.39, 0.29) is 6.04 Å². The van der Waals surface area contributed by atoms with Crippen molar-refractivity contribution in [1.82, 2.24) is 0 Å². The van der Waals surface area contributed by atoms with Crippen LogP contribution in [0.2, 0.25) is 0 Å². The maximum atomic E-state index is 6.56. The first-order valence-electron chi connectivity index (χ1n) is 7.05. The van der Waals surface area contributed by atoms with Crippen molar-refractivity contribution in [3.63, 3.8) is 0 Å². The molecule has 0 radical (unpaired) electrons. The molecule has 2 N–H and O–H groups in total. The Morgan fingerprint density at radius 3 is 2.78 bits per heavy atom. The van der Waals surface area contributed by atoms with Crippen LogP contribution in [0.3, 0.4) is 0 Å². The molecule has 0 aliphatic heterocycles. The summed E-state index contributed by atoms with van der Waals surface area (Å²) in [5.41, 5.74) is 6.56. The highest BCUT2D eigenvalue weighted by atomic mass is 32.1. The highest BCUT2D eigenvalue weighted by molar-refractivity contribution is 7.19. The Morgan fingerprint density at radius 2 is 2.06 bits per heavy atom. The number of rotatable bonds is 2. The molecule has 4 rings (SSSR count). The summed E-state index contributed by atoms with van der Waals surface area (Å²) in [5, 5.41) is 1.36. The van der Waals surface area contributed by atoms with E-state index >= 15 is 0 Å². The molecule has 2 bridgehead atoms. The van der Waals surface area contributed by atoms with Crippen molar-refractivity contribution < 1.29 is 0 Å². The Morgan fingerprint density at radius 1 is 1.17 bits per heavy atom. The molecule has 2 aromatic rings. The summed E-state index contributed by atoms with van der Waals surface area (Å²) in [6, 6.07) is 11.2. The first-order chi connectivity index (χ1) is 8.81. The summed E-state index contributed by atoms with van der Waals surface area (Å²) in [5.74, 6) is 2.65. The van der Waals surface area contributed by atoms with Gasteiger partial charge in [-0.1, -0.05) is 24.6 Å². The third-order valence-corrected chi connectivity index (χ3v) is 6.24. The topological polar surface area (TPSA) is 26.0 Å².